The molecule has 1 aromatic carbocycles. The van der Waals surface area contributed by atoms with E-state index in [1.54, 1.807) is 0 Å². The minimum absolute atomic E-state index is 0.108. The molecule has 0 unspecified atom stereocenters. The lowest BCUT2D eigenvalue weighted by atomic mass is 10.0. The lowest BCUT2D eigenvalue weighted by Gasteiger charge is -2.40. The van der Waals surface area contributed by atoms with Gasteiger partial charge in [-0.15, -0.1) is 0 Å². The summed E-state index contributed by atoms with van der Waals surface area (Å²) in [5, 5.41) is 3.68. The van der Waals surface area contributed by atoms with Gasteiger partial charge >= 0.3 is 0 Å². The molecule has 0 radical (unpaired) electrons. The van der Waals surface area contributed by atoms with Crippen LogP contribution in [0, 0.1) is 19.7 Å². The molecule has 1 saturated carbocycles. The molecule has 9 heteroatoms. The number of hydrogen-bond acceptors (Lipinski definition) is 7. The maximum absolute atomic E-state index is 14.8. The summed E-state index contributed by atoms with van der Waals surface area (Å²) < 4.78 is 17.0. The molecule has 3 N–H and O–H groups in total. The highest BCUT2D eigenvalue weighted by atomic mass is 19.1. The molecule has 4 aromatic rings. The third-order valence-corrected chi connectivity index (χ3v) is 8.46. The van der Waals surface area contributed by atoms with Crippen LogP contribution >= 0.6 is 0 Å². The molecule has 3 aromatic heterocycles. The van der Waals surface area contributed by atoms with E-state index in [9.17, 15) is 9.18 Å². The molecule has 220 valence electrons. The average Bonchev–Trinajstić information content (AvgIpc) is 3.83. The molecule has 1 aliphatic heterocycles. The fourth-order valence-corrected chi connectivity index (χ4v) is 6.21. The largest absolute Gasteiger partial charge is 0.382 e. The van der Waals surface area contributed by atoms with E-state index >= 15 is 0 Å². The number of aryl methyl sites for hydroxylation is 2. The van der Waals surface area contributed by atoms with Crippen molar-refractivity contribution in [2.75, 3.05) is 36.4 Å². The minimum atomic E-state index is -0.419. The molecule has 1 aliphatic carbocycles. The highest BCUT2D eigenvalue weighted by Crippen LogP contribution is 2.39. The number of piperidine rings is 1. The third-order valence-electron chi connectivity index (χ3n) is 8.46. The van der Waals surface area contributed by atoms with Crippen molar-refractivity contribution in [1.82, 2.24) is 19.4 Å². The first-order valence-corrected chi connectivity index (χ1v) is 15.0. The van der Waals surface area contributed by atoms with Gasteiger partial charge in [0.15, 0.2) is 5.43 Å². The fraction of sp³-hybridized carbons (Fsp3) is 0.424. The second-order valence-electron chi connectivity index (χ2n) is 11.8. The van der Waals surface area contributed by atoms with Gasteiger partial charge in [0.1, 0.15) is 5.82 Å². The molecule has 2 aliphatic rings. The van der Waals surface area contributed by atoms with E-state index in [0.29, 0.717) is 48.9 Å². The molecule has 0 bridgehead atoms. The van der Waals surface area contributed by atoms with Crippen molar-refractivity contribution in [3.05, 3.63) is 93.5 Å². The van der Waals surface area contributed by atoms with Crippen LogP contribution in [0.25, 0.3) is 10.9 Å². The van der Waals surface area contributed by atoms with Crippen molar-refractivity contribution < 1.29 is 4.39 Å². The summed E-state index contributed by atoms with van der Waals surface area (Å²) in [6.45, 7) is 7.94. The van der Waals surface area contributed by atoms with Crippen molar-refractivity contribution in [1.29, 1.82) is 0 Å². The van der Waals surface area contributed by atoms with Gasteiger partial charge in [-0.2, -0.15) is 0 Å². The van der Waals surface area contributed by atoms with Crippen molar-refractivity contribution in [3.63, 3.8) is 0 Å². The van der Waals surface area contributed by atoms with Crippen LogP contribution in [-0.2, 0) is 13.1 Å². The van der Waals surface area contributed by atoms with Crippen LogP contribution in [0.15, 0.2) is 59.8 Å². The van der Waals surface area contributed by atoms with Gasteiger partial charge in [0, 0.05) is 80.7 Å². The number of nitrogens with two attached hydrogens (primary N) is 1. The highest BCUT2D eigenvalue weighted by Gasteiger charge is 2.30. The summed E-state index contributed by atoms with van der Waals surface area (Å²) in [5.74, 6) is -0.419. The van der Waals surface area contributed by atoms with E-state index in [2.05, 4.69) is 53.9 Å². The third kappa shape index (κ3) is 6.17. The molecule has 0 amide bonds. The van der Waals surface area contributed by atoms with E-state index in [-0.39, 0.29) is 11.5 Å². The molecular formula is C33H40FN7O. The molecule has 0 spiro atoms. The number of hydrogen-bond donors (Lipinski definition) is 2. The summed E-state index contributed by atoms with van der Waals surface area (Å²) in [7, 11) is 0. The van der Waals surface area contributed by atoms with Crippen LogP contribution < -0.4 is 21.4 Å². The Morgan fingerprint density at radius 3 is 2.67 bits per heavy atom. The van der Waals surface area contributed by atoms with Crippen molar-refractivity contribution in [3.8, 4) is 0 Å². The highest BCUT2D eigenvalue weighted by molar-refractivity contribution is 5.91. The summed E-state index contributed by atoms with van der Waals surface area (Å²) in [4.78, 5) is 27.8. The van der Waals surface area contributed by atoms with Crippen molar-refractivity contribution in [2.45, 2.75) is 64.7 Å². The first-order valence-electron chi connectivity index (χ1n) is 15.0. The first kappa shape index (κ1) is 28.3. The number of nitrogens with one attached hydrogen (secondary N) is 1. The zero-order valence-electron chi connectivity index (χ0n) is 24.5. The smallest absolute Gasteiger partial charge is 0.194 e. The number of halogens is 1. The predicted octanol–water partition coefficient (Wildman–Crippen LogP) is 4.92. The summed E-state index contributed by atoms with van der Waals surface area (Å²) in [6, 6.07) is 11.8. The molecule has 4 heterocycles. The van der Waals surface area contributed by atoms with E-state index < -0.39 is 5.82 Å². The molecule has 2 fully saturated rings. The maximum atomic E-state index is 14.8. The summed E-state index contributed by atoms with van der Waals surface area (Å²) in [5.41, 5.74) is 12.0. The van der Waals surface area contributed by atoms with E-state index in [4.69, 9.17) is 5.73 Å². The number of nitrogens with zero attached hydrogens (tertiary/aromatic N) is 5. The number of anilines is 2. The van der Waals surface area contributed by atoms with E-state index in [1.165, 1.54) is 17.7 Å². The van der Waals surface area contributed by atoms with Crippen LogP contribution in [0.4, 0.5) is 15.8 Å². The van der Waals surface area contributed by atoms with Crippen LogP contribution in [0.1, 0.15) is 54.2 Å². The van der Waals surface area contributed by atoms with Gasteiger partial charge < -0.3 is 20.5 Å². The number of benzene rings is 1. The van der Waals surface area contributed by atoms with Crippen LogP contribution in [0.3, 0.4) is 0 Å². The Morgan fingerprint density at radius 2 is 1.93 bits per heavy atom. The number of fused-ring (bicyclic) bond motifs is 1. The van der Waals surface area contributed by atoms with E-state index in [0.717, 1.165) is 61.4 Å². The zero-order valence-corrected chi connectivity index (χ0v) is 24.5. The molecule has 1 saturated heterocycles. The minimum Gasteiger partial charge on any atom is -0.382 e. The summed E-state index contributed by atoms with van der Waals surface area (Å²) >= 11 is 0. The normalized spacial score (nSPS) is 17.3. The quantitative estimate of drug-likeness (QED) is 0.280. The molecule has 1 atom stereocenters. The maximum Gasteiger partial charge on any atom is 0.194 e. The lowest BCUT2D eigenvalue weighted by Crippen LogP contribution is -2.48. The molecule has 42 heavy (non-hydrogen) atoms. The number of rotatable bonds is 10. The Hall–Kier alpha value is -3.82. The van der Waals surface area contributed by atoms with Crippen molar-refractivity contribution in [2.24, 2.45) is 5.73 Å². The number of pyridine rings is 3. The van der Waals surface area contributed by atoms with Crippen LogP contribution in [0.5, 0.6) is 0 Å². The van der Waals surface area contributed by atoms with Gasteiger partial charge in [-0.3, -0.25) is 19.7 Å². The lowest BCUT2D eigenvalue weighted by molar-refractivity contribution is 0.158. The topological polar surface area (TPSA) is 92.3 Å². The Labute approximate surface area is 246 Å². The molecule has 8 nitrogen and oxygen atoms in total. The van der Waals surface area contributed by atoms with Gasteiger partial charge in [-0.05, 0) is 81.5 Å². The molecule has 6 rings (SSSR count). The predicted molar refractivity (Wildman–Crippen MR) is 166 cm³/mol. The standard InChI is InChI=1S/C33H40FN7O/c1-22-5-6-28(17-38-22)39-13-3-4-29(21-39)40(18-24-9-11-36-23(2)14-24)19-25-20-41(27-7-8-27)32-30(33(25)42)15-26(34)16-31(32)37-12-10-35/h5-6,9,11,14-17,20,27,29,37H,3-4,7-8,10,12-13,18-19,21,35H2,1-2H3/t29-/m0/s1. The second-order valence-corrected chi connectivity index (χ2v) is 11.8. The fourth-order valence-electron chi connectivity index (χ4n) is 6.21. The second kappa shape index (κ2) is 12.2. The Bertz CT molecular complexity index is 1620. The Morgan fingerprint density at radius 1 is 1.07 bits per heavy atom. The molecular weight excluding hydrogens is 529 g/mol. The Balaban J connectivity index is 1.38. The number of aromatic nitrogens is 3. The van der Waals surface area contributed by atoms with E-state index in [1.807, 2.05) is 32.4 Å². The van der Waals surface area contributed by atoms with Gasteiger partial charge in [0.05, 0.1) is 28.5 Å². The average molecular weight is 570 g/mol. The SMILES string of the molecule is Cc1ccc(N2CCC[C@H](N(Cc3ccnc(C)c3)Cc3cn(C4CC4)c4c(NCCN)cc(F)cc4c3=O)C2)cn1. The van der Waals surface area contributed by atoms with Crippen molar-refractivity contribution >= 4 is 22.3 Å². The first-order chi connectivity index (χ1) is 20.4. The van der Waals surface area contributed by atoms with Gasteiger partial charge in [-0.25, -0.2) is 4.39 Å². The summed E-state index contributed by atoms with van der Waals surface area (Å²) in [6.07, 6.45) is 10.0. The zero-order chi connectivity index (χ0) is 29.2. The van der Waals surface area contributed by atoms with Gasteiger partial charge in [0.25, 0.3) is 0 Å². The van der Waals surface area contributed by atoms with Crippen LogP contribution in [-0.4, -0.2) is 51.7 Å². The Kier molecular flexibility index (Phi) is 8.22. The van der Waals surface area contributed by atoms with Gasteiger partial charge in [0.2, 0.25) is 0 Å². The monoisotopic (exact) mass is 569 g/mol. The van der Waals surface area contributed by atoms with Crippen LogP contribution in [0.2, 0.25) is 0 Å². The van der Waals surface area contributed by atoms with Gasteiger partial charge in [-0.1, -0.05) is 0 Å².